The molecule has 4 rings (SSSR count). The number of thiophene rings is 1. The number of rotatable bonds is 5. The number of nitrogens with zero attached hydrogens (tertiary/aromatic N) is 3. The number of ether oxygens (including phenoxy) is 2. The zero-order valence-electron chi connectivity index (χ0n) is 17.6. The van der Waals surface area contributed by atoms with Crippen LogP contribution in [0.2, 0.25) is 0 Å². The number of piperidine rings is 1. The molecule has 0 radical (unpaired) electrons. The SMILES string of the molecule is CCOC(=O)c1sc2nc(C[NH+]3CCOCC3)nc(N3CCC(C)CC3)c2c1C. The maximum Gasteiger partial charge on any atom is 0.348 e. The number of aromatic nitrogens is 2. The number of nitrogens with one attached hydrogen (secondary N) is 1. The van der Waals surface area contributed by atoms with E-state index in [1.165, 1.54) is 29.1 Å². The van der Waals surface area contributed by atoms with Crippen LogP contribution in [0.15, 0.2) is 0 Å². The molecule has 2 aromatic heterocycles. The lowest BCUT2D eigenvalue weighted by Crippen LogP contribution is -3.12. The molecule has 4 heterocycles. The van der Waals surface area contributed by atoms with Gasteiger partial charge in [-0.2, -0.15) is 0 Å². The second-order valence-corrected chi connectivity index (χ2v) is 9.13. The molecular formula is C21H31N4O3S+. The normalized spacial score (nSPS) is 19.1. The van der Waals surface area contributed by atoms with Crippen molar-refractivity contribution in [3.05, 3.63) is 16.3 Å². The summed E-state index contributed by atoms with van der Waals surface area (Å²) in [6.45, 7) is 12.9. The van der Waals surface area contributed by atoms with Crippen molar-refractivity contribution in [2.45, 2.75) is 40.2 Å². The molecule has 0 amide bonds. The van der Waals surface area contributed by atoms with E-state index < -0.39 is 0 Å². The molecule has 2 aromatic rings. The van der Waals surface area contributed by atoms with Gasteiger partial charge in [0.25, 0.3) is 0 Å². The Morgan fingerprint density at radius 1 is 1.28 bits per heavy atom. The summed E-state index contributed by atoms with van der Waals surface area (Å²) in [4.78, 5) is 27.8. The molecule has 2 aliphatic heterocycles. The molecule has 0 aromatic carbocycles. The fourth-order valence-corrected chi connectivity index (χ4v) is 5.23. The predicted octanol–water partition coefficient (Wildman–Crippen LogP) is 1.83. The van der Waals surface area contributed by atoms with E-state index in [0.717, 1.165) is 79.3 Å². The first kappa shape index (κ1) is 20.5. The average molecular weight is 420 g/mol. The second-order valence-electron chi connectivity index (χ2n) is 8.13. The van der Waals surface area contributed by atoms with Gasteiger partial charge in [-0.25, -0.2) is 14.8 Å². The summed E-state index contributed by atoms with van der Waals surface area (Å²) in [5.74, 6) is 2.35. The van der Waals surface area contributed by atoms with Crippen LogP contribution >= 0.6 is 11.3 Å². The minimum Gasteiger partial charge on any atom is -0.462 e. The van der Waals surface area contributed by atoms with E-state index >= 15 is 0 Å². The number of aryl methyl sites for hydroxylation is 1. The molecule has 158 valence electrons. The summed E-state index contributed by atoms with van der Waals surface area (Å²) >= 11 is 1.44. The van der Waals surface area contributed by atoms with Crippen molar-refractivity contribution in [1.82, 2.24) is 9.97 Å². The van der Waals surface area contributed by atoms with Crippen LogP contribution < -0.4 is 9.80 Å². The Labute approximate surface area is 176 Å². The predicted molar refractivity (Wildman–Crippen MR) is 114 cm³/mol. The van der Waals surface area contributed by atoms with Crippen molar-refractivity contribution in [3.63, 3.8) is 0 Å². The zero-order valence-corrected chi connectivity index (χ0v) is 18.4. The van der Waals surface area contributed by atoms with Crippen molar-refractivity contribution in [2.75, 3.05) is 50.9 Å². The molecule has 0 spiro atoms. The largest absolute Gasteiger partial charge is 0.462 e. The lowest BCUT2D eigenvalue weighted by atomic mass is 9.99. The molecule has 0 unspecified atom stereocenters. The van der Waals surface area contributed by atoms with Gasteiger partial charge in [-0.05, 0) is 38.2 Å². The van der Waals surface area contributed by atoms with Gasteiger partial charge in [0.05, 0.1) is 25.2 Å². The molecule has 2 aliphatic rings. The minimum absolute atomic E-state index is 0.258. The maximum absolute atomic E-state index is 12.5. The maximum atomic E-state index is 12.5. The summed E-state index contributed by atoms with van der Waals surface area (Å²) in [5, 5.41) is 1.02. The Balaban J connectivity index is 1.74. The van der Waals surface area contributed by atoms with Gasteiger partial charge in [-0.1, -0.05) is 6.92 Å². The number of fused-ring (bicyclic) bond motifs is 1. The summed E-state index contributed by atoms with van der Waals surface area (Å²) in [7, 11) is 0. The first-order valence-electron chi connectivity index (χ1n) is 10.7. The number of anilines is 1. The molecular weight excluding hydrogens is 388 g/mol. The fraction of sp³-hybridized carbons (Fsp3) is 0.667. The smallest absolute Gasteiger partial charge is 0.348 e. The second kappa shape index (κ2) is 8.93. The van der Waals surface area contributed by atoms with Crippen LogP contribution in [0.25, 0.3) is 10.2 Å². The van der Waals surface area contributed by atoms with Crippen molar-refractivity contribution in [1.29, 1.82) is 0 Å². The molecule has 29 heavy (non-hydrogen) atoms. The quantitative estimate of drug-likeness (QED) is 0.746. The van der Waals surface area contributed by atoms with Crippen molar-refractivity contribution < 1.29 is 19.2 Å². The third-order valence-corrected chi connectivity index (χ3v) is 7.14. The number of morpholine rings is 1. The first-order valence-corrected chi connectivity index (χ1v) is 11.5. The summed E-state index contributed by atoms with van der Waals surface area (Å²) < 4.78 is 10.8. The Morgan fingerprint density at radius 3 is 2.69 bits per heavy atom. The zero-order chi connectivity index (χ0) is 20.4. The summed E-state index contributed by atoms with van der Waals surface area (Å²) in [6.07, 6.45) is 2.34. The number of quaternary nitrogens is 1. The van der Waals surface area contributed by atoms with E-state index in [2.05, 4.69) is 11.8 Å². The topological polar surface area (TPSA) is 69.0 Å². The highest BCUT2D eigenvalue weighted by molar-refractivity contribution is 7.20. The Morgan fingerprint density at radius 2 is 2.00 bits per heavy atom. The molecule has 1 N–H and O–H groups in total. The highest BCUT2D eigenvalue weighted by Gasteiger charge is 2.27. The lowest BCUT2D eigenvalue weighted by Gasteiger charge is -2.32. The van der Waals surface area contributed by atoms with E-state index in [9.17, 15) is 4.79 Å². The molecule has 2 saturated heterocycles. The lowest BCUT2D eigenvalue weighted by molar-refractivity contribution is -0.922. The van der Waals surface area contributed by atoms with Gasteiger partial charge in [0.1, 0.15) is 35.2 Å². The minimum atomic E-state index is -0.258. The van der Waals surface area contributed by atoms with Crippen LogP contribution in [0.3, 0.4) is 0 Å². The van der Waals surface area contributed by atoms with Crippen molar-refractivity contribution in [3.8, 4) is 0 Å². The Bertz CT molecular complexity index is 870. The van der Waals surface area contributed by atoms with Gasteiger partial charge >= 0.3 is 5.97 Å². The van der Waals surface area contributed by atoms with Gasteiger partial charge in [-0.3, -0.25) is 0 Å². The molecule has 2 fully saturated rings. The molecule has 0 atom stereocenters. The van der Waals surface area contributed by atoms with Crippen LogP contribution in [-0.2, 0) is 16.0 Å². The number of esters is 1. The van der Waals surface area contributed by atoms with Crippen molar-refractivity contribution in [2.24, 2.45) is 5.92 Å². The van der Waals surface area contributed by atoms with Crippen molar-refractivity contribution >= 4 is 33.3 Å². The van der Waals surface area contributed by atoms with Crippen LogP contribution in [-0.4, -0.2) is 61.9 Å². The number of carbonyl (C=O) groups is 1. The number of hydrogen-bond donors (Lipinski definition) is 1. The third-order valence-electron chi connectivity index (χ3n) is 5.97. The van der Waals surface area contributed by atoms with Crippen LogP contribution in [0.5, 0.6) is 0 Å². The number of carbonyl (C=O) groups excluding carboxylic acids is 1. The van der Waals surface area contributed by atoms with Crippen LogP contribution in [0, 0.1) is 12.8 Å². The highest BCUT2D eigenvalue weighted by Crippen LogP contribution is 2.37. The summed E-state index contributed by atoms with van der Waals surface area (Å²) in [6, 6.07) is 0. The van der Waals surface area contributed by atoms with Gasteiger partial charge in [0, 0.05) is 13.1 Å². The standard InChI is InChI=1S/C21H30N4O3S/c1-4-28-21(26)18-15(3)17-19(25-7-5-14(2)6-8-25)22-16(23-20(17)29-18)13-24-9-11-27-12-10-24/h14H,4-13H2,1-3H3/p+1. The first-order chi connectivity index (χ1) is 14.1. The van der Waals surface area contributed by atoms with E-state index in [-0.39, 0.29) is 5.97 Å². The molecule has 7 nitrogen and oxygen atoms in total. The average Bonchev–Trinajstić information content (AvgIpc) is 3.06. The van der Waals surface area contributed by atoms with Gasteiger partial charge in [0.2, 0.25) is 0 Å². The van der Waals surface area contributed by atoms with Crippen LogP contribution in [0.1, 0.15) is 47.7 Å². The molecule has 8 heteroatoms. The molecule has 0 aliphatic carbocycles. The van der Waals surface area contributed by atoms with Gasteiger partial charge < -0.3 is 19.3 Å². The third kappa shape index (κ3) is 4.39. The van der Waals surface area contributed by atoms with Gasteiger partial charge in [0.15, 0.2) is 5.82 Å². The number of hydrogen-bond acceptors (Lipinski definition) is 7. The van der Waals surface area contributed by atoms with E-state index in [1.807, 2.05) is 13.8 Å². The summed E-state index contributed by atoms with van der Waals surface area (Å²) in [5.41, 5.74) is 0.947. The Kier molecular flexibility index (Phi) is 6.32. The Hall–Kier alpha value is -1.77. The van der Waals surface area contributed by atoms with E-state index in [1.54, 1.807) is 0 Å². The van der Waals surface area contributed by atoms with Gasteiger partial charge in [-0.15, -0.1) is 11.3 Å². The monoisotopic (exact) mass is 419 g/mol. The fourth-order valence-electron chi connectivity index (χ4n) is 4.14. The molecule has 0 bridgehead atoms. The van der Waals surface area contributed by atoms with Crippen LogP contribution in [0.4, 0.5) is 5.82 Å². The molecule has 0 saturated carbocycles. The highest BCUT2D eigenvalue weighted by atomic mass is 32.1. The van der Waals surface area contributed by atoms with E-state index in [4.69, 9.17) is 19.4 Å². The van der Waals surface area contributed by atoms with E-state index in [0.29, 0.717) is 11.5 Å².